The number of benzene rings is 1. The zero-order chi connectivity index (χ0) is 16.7. The van der Waals surface area contributed by atoms with Crippen molar-refractivity contribution in [3.63, 3.8) is 0 Å². The second-order valence-corrected chi connectivity index (χ2v) is 6.54. The van der Waals surface area contributed by atoms with Gasteiger partial charge in [0.1, 0.15) is 0 Å². The van der Waals surface area contributed by atoms with Crippen LogP contribution < -0.4 is 5.32 Å². The molecule has 2 atom stereocenters. The molecule has 0 bridgehead atoms. The summed E-state index contributed by atoms with van der Waals surface area (Å²) in [5, 5.41) is 8.70. The highest BCUT2D eigenvalue weighted by molar-refractivity contribution is 5.90. The predicted molar refractivity (Wildman–Crippen MR) is 93.5 cm³/mol. The van der Waals surface area contributed by atoms with Crippen molar-refractivity contribution in [3.8, 4) is 11.1 Å². The van der Waals surface area contributed by atoms with Crippen molar-refractivity contribution in [2.45, 2.75) is 19.3 Å². The minimum absolute atomic E-state index is 0.0349. The van der Waals surface area contributed by atoms with Crippen LogP contribution in [0, 0.1) is 5.92 Å². The third kappa shape index (κ3) is 2.66. The van der Waals surface area contributed by atoms with Gasteiger partial charge in [-0.15, -0.1) is 0 Å². The number of aryl methyl sites for hydroxylation is 1. The number of aromatic nitrogens is 3. The molecular weight excluding hydrogens is 300 g/mol. The molecule has 122 valence electrons. The Labute approximate surface area is 140 Å². The summed E-state index contributed by atoms with van der Waals surface area (Å²) in [5.41, 5.74) is 4.71. The van der Waals surface area contributed by atoms with E-state index >= 15 is 0 Å². The van der Waals surface area contributed by atoms with E-state index < -0.39 is 0 Å². The Balaban J connectivity index is 1.78. The van der Waals surface area contributed by atoms with E-state index in [1.165, 1.54) is 16.5 Å². The fourth-order valence-corrected chi connectivity index (χ4v) is 3.51. The number of hydrogen-bond acceptors (Lipinski definition) is 3. The Kier molecular flexibility index (Phi) is 3.56. The molecule has 2 heterocycles. The average molecular weight is 320 g/mol. The molecule has 3 aromatic rings. The normalized spacial score (nSPS) is 19.4. The fourth-order valence-electron chi connectivity index (χ4n) is 3.51. The zero-order valence-corrected chi connectivity index (χ0v) is 13.9. The number of nitrogens with one attached hydrogen (secondary N) is 1. The van der Waals surface area contributed by atoms with Gasteiger partial charge in [-0.05, 0) is 41.5 Å². The number of carbonyl (C=O) groups is 1. The van der Waals surface area contributed by atoms with Gasteiger partial charge in [-0.3, -0.25) is 14.5 Å². The van der Waals surface area contributed by atoms with Gasteiger partial charge in [0.25, 0.3) is 0 Å². The molecule has 1 N–H and O–H groups in total. The Morgan fingerprint density at radius 1 is 1.38 bits per heavy atom. The molecule has 1 aliphatic carbocycles. The molecule has 1 saturated carbocycles. The molecule has 1 aliphatic rings. The maximum Gasteiger partial charge on any atom is 0.216 e. The highest BCUT2D eigenvalue weighted by atomic mass is 16.1. The van der Waals surface area contributed by atoms with Gasteiger partial charge in [-0.2, -0.15) is 5.10 Å². The molecule has 2 unspecified atom stereocenters. The van der Waals surface area contributed by atoms with E-state index in [9.17, 15) is 4.79 Å². The summed E-state index contributed by atoms with van der Waals surface area (Å²) in [6, 6.07) is 8.29. The quantitative estimate of drug-likeness (QED) is 0.804. The molecule has 5 nitrogen and oxygen atoms in total. The number of nitrogens with zero attached hydrogens (tertiary/aromatic N) is 3. The number of rotatable bonds is 4. The molecule has 4 rings (SSSR count). The van der Waals surface area contributed by atoms with E-state index in [4.69, 9.17) is 0 Å². The molecule has 1 aromatic carbocycles. The summed E-state index contributed by atoms with van der Waals surface area (Å²) in [6.45, 7) is 2.31. The smallest absolute Gasteiger partial charge is 0.216 e. The van der Waals surface area contributed by atoms with Crippen LogP contribution in [0.4, 0.5) is 0 Å². The number of hydrogen-bond donors (Lipinski definition) is 1. The fraction of sp³-hybridized carbons (Fsp3) is 0.316. The van der Waals surface area contributed by atoms with Crippen molar-refractivity contribution in [1.82, 2.24) is 20.1 Å². The summed E-state index contributed by atoms with van der Waals surface area (Å²) >= 11 is 0. The van der Waals surface area contributed by atoms with Crippen molar-refractivity contribution in [3.05, 3.63) is 48.4 Å². The maximum absolute atomic E-state index is 11.2. The first-order valence-electron chi connectivity index (χ1n) is 8.24. The van der Waals surface area contributed by atoms with Crippen molar-refractivity contribution in [1.29, 1.82) is 0 Å². The van der Waals surface area contributed by atoms with Gasteiger partial charge < -0.3 is 5.32 Å². The Hall–Kier alpha value is -2.69. The molecule has 5 heteroatoms. The van der Waals surface area contributed by atoms with Gasteiger partial charge in [-0.1, -0.05) is 12.1 Å². The number of pyridine rings is 1. The number of fused-ring (bicyclic) bond motifs is 1. The van der Waals surface area contributed by atoms with Gasteiger partial charge in [0.15, 0.2) is 0 Å². The second kappa shape index (κ2) is 5.74. The van der Waals surface area contributed by atoms with Crippen LogP contribution in [0.5, 0.6) is 0 Å². The Morgan fingerprint density at radius 3 is 3.00 bits per heavy atom. The average Bonchev–Trinajstić information content (AvgIpc) is 3.24. The van der Waals surface area contributed by atoms with Crippen LogP contribution >= 0.6 is 0 Å². The molecule has 0 saturated heterocycles. The lowest BCUT2D eigenvalue weighted by atomic mass is 9.94. The van der Waals surface area contributed by atoms with Crippen LogP contribution in [-0.4, -0.2) is 27.2 Å². The largest absolute Gasteiger partial charge is 0.356 e. The number of carbonyl (C=O) groups excluding carboxylic acids is 1. The molecule has 2 aromatic heterocycles. The van der Waals surface area contributed by atoms with Gasteiger partial charge in [0, 0.05) is 50.1 Å². The second-order valence-electron chi connectivity index (χ2n) is 6.54. The van der Waals surface area contributed by atoms with Crippen LogP contribution in [0.2, 0.25) is 0 Å². The SMILES string of the molecule is CC(=O)NCC1CC1c1c(-c2cccnc2)ccc2nn(C)cc12. The molecule has 1 fully saturated rings. The molecule has 0 radical (unpaired) electrons. The topological polar surface area (TPSA) is 59.8 Å². The van der Waals surface area contributed by atoms with Gasteiger partial charge in [0.2, 0.25) is 5.91 Å². The zero-order valence-electron chi connectivity index (χ0n) is 13.9. The Bertz CT molecular complexity index is 900. The maximum atomic E-state index is 11.2. The lowest BCUT2D eigenvalue weighted by Crippen LogP contribution is -2.22. The highest BCUT2D eigenvalue weighted by Gasteiger charge is 2.40. The predicted octanol–water partition coefficient (Wildman–Crippen LogP) is 2.87. The molecule has 0 spiro atoms. The molecule has 24 heavy (non-hydrogen) atoms. The summed E-state index contributed by atoms with van der Waals surface area (Å²) in [5.74, 6) is 0.989. The monoisotopic (exact) mass is 320 g/mol. The van der Waals surface area contributed by atoms with Gasteiger partial charge in [-0.25, -0.2) is 0 Å². The lowest BCUT2D eigenvalue weighted by molar-refractivity contribution is -0.119. The first-order chi connectivity index (χ1) is 11.6. The van der Waals surface area contributed by atoms with E-state index in [0.717, 1.165) is 24.0 Å². The van der Waals surface area contributed by atoms with Gasteiger partial charge >= 0.3 is 0 Å². The van der Waals surface area contributed by atoms with Crippen LogP contribution in [0.1, 0.15) is 24.8 Å². The molecule has 1 amide bonds. The van der Waals surface area contributed by atoms with Crippen molar-refractivity contribution in [2.75, 3.05) is 6.54 Å². The third-order valence-electron chi connectivity index (χ3n) is 4.72. The van der Waals surface area contributed by atoms with Crippen LogP contribution in [0.15, 0.2) is 42.9 Å². The Morgan fingerprint density at radius 2 is 2.25 bits per heavy atom. The van der Waals surface area contributed by atoms with E-state index in [-0.39, 0.29) is 5.91 Å². The van der Waals surface area contributed by atoms with Crippen LogP contribution in [0.25, 0.3) is 22.0 Å². The summed E-state index contributed by atoms with van der Waals surface area (Å²) in [6.07, 6.45) is 6.90. The van der Waals surface area contributed by atoms with Crippen molar-refractivity contribution < 1.29 is 4.79 Å². The lowest BCUT2D eigenvalue weighted by Gasteiger charge is -2.11. The highest BCUT2D eigenvalue weighted by Crippen LogP contribution is 2.52. The molecular formula is C19H20N4O. The first kappa shape index (κ1) is 14.9. The molecule has 0 aliphatic heterocycles. The van der Waals surface area contributed by atoms with E-state index in [1.54, 1.807) is 13.1 Å². The van der Waals surface area contributed by atoms with E-state index in [0.29, 0.717) is 11.8 Å². The first-order valence-corrected chi connectivity index (χ1v) is 8.24. The van der Waals surface area contributed by atoms with E-state index in [2.05, 4.69) is 39.8 Å². The van der Waals surface area contributed by atoms with Gasteiger partial charge in [0.05, 0.1) is 5.52 Å². The third-order valence-corrected chi connectivity index (χ3v) is 4.72. The standard InChI is InChI=1S/C19H20N4O/c1-12(24)21-10-14-8-16(14)19-15(13-4-3-7-20-9-13)5-6-18-17(19)11-23(2)22-18/h3-7,9,11,14,16H,8,10H2,1-2H3,(H,21,24). The summed E-state index contributed by atoms with van der Waals surface area (Å²) in [4.78, 5) is 15.5. The van der Waals surface area contributed by atoms with Crippen molar-refractivity contribution in [2.24, 2.45) is 13.0 Å². The minimum Gasteiger partial charge on any atom is -0.356 e. The summed E-state index contributed by atoms with van der Waals surface area (Å²) < 4.78 is 1.87. The minimum atomic E-state index is 0.0349. The van der Waals surface area contributed by atoms with Crippen LogP contribution in [0.3, 0.4) is 0 Å². The van der Waals surface area contributed by atoms with Crippen molar-refractivity contribution >= 4 is 16.8 Å². The van der Waals surface area contributed by atoms with E-state index in [1.807, 2.05) is 24.0 Å². The summed E-state index contributed by atoms with van der Waals surface area (Å²) in [7, 11) is 1.95. The number of amides is 1. The van der Waals surface area contributed by atoms with Crippen LogP contribution in [-0.2, 0) is 11.8 Å².